The number of aromatic nitrogens is 1. The molecule has 3 heterocycles. The molecule has 5 rings (SSSR count). The van der Waals surface area contributed by atoms with Crippen molar-refractivity contribution in [3.63, 3.8) is 0 Å². The van der Waals surface area contributed by atoms with E-state index in [1.165, 1.54) is 44.1 Å². The zero-order chi connectivity index (χ0) is 30.8. The van der Waals surface area contributed by atoms with Gasteiger partial charge < -0.3 is 23.4 Å². The lowest BCUT2D eigenvalue weighted by molar-refractivity contribution is -0.384. The second kappa shape index (κ2) is 12.0. The number of nitro benzene ring substituents is 1. The van der Waals surface area contributed by atoms with E-state index in [1.807, 2.05) is 0 Å². The molecule has 0 N–H and O–H groups in total. The first-order valence-electron chi connectivity index (χ1n) is 13.0. The van der Waals surface area contributed by atoms with Gasteiger partial charge in [-0.2, -0.15) is 0 Å². The lowest BCUT2D eigenvalue weighted by Crippen LogP contribution is -2.39. The number of non-ortho nitro benzene ring substituents is 1. The van der Waals surface area contributed by atoms with Gasteiger partial charge in [0, 0.05) is 12.1 Å². The molecule has 0 radical (unpaired) electrons. The Hall–Kier alpha value is -5.17. The van der Waals surface area contributed by atoms with Crippen LogP contribution in [0.15, 0.2) is 74.0 Å². The number of carbonyl (C=O) groups excluding carboxylic acids is 1. The predicted octanol–water partition coefficient (Wildman–Crippen LogP) is 3.99. The molecule has 2 aromatic heterocycles. The van der Waals surface area contributed by atoms with E-state index in [4.69, 9.17) is 23.4 Å². The van der Waals surface area contributed by atoms with Crippen LogP contribution in [0.1, 0.15) is 31.2 Å². The first-order chi connectivity index (χ1) is 20.7. The normalized spacial score (nSPS) is 14.6. The lowest BCUT2D eigenvalue weighted by Gasteiger charge is -2.25. The number of hydrogen-bond donors (Lipinski definition) is 0. The number of furan rings is 1. The average molecular weight is 606 g/mol. The molecule has 1 aliphatic heterocycles. The molecule has 1 atom stereocenters. The average Bonchev–Trinajstić information content (AvgIpc) is 3.59. The molecular formula is C30H27N3O9S. The Morgan fingerprint density at radius 3 is 2.49 bits per heavy atom. The predicted molar refractivity (Wildman–Crippen MR) is 157 cm³/mol. The molecule has 0 spiro atoms. The van der Waals surface area contributed by atoms with Crippen LogP contribution in [0, 0.1) is 10.1 Å². The highest BCUT2D eigenvalue weighted by atomic mass is 32.1. The minimum absolute atomic E-state index is 0.116. The van der Waals surface area contributed by atoms with Crippen LogP contribution in [0.2, 0.25) is 0 Å². The number of nitrogens with zero attached hydrogens (tertiary/aromatic N) is 3. The summed E-state index contributed by atoms with van der Waals surface area (Å²) in [6, 6.07) is 11.9. The SMILES string of the molecule is CCOC(=O)C1=C(C)N=c2sc(=Cc3ccc(-c4ccc([N+](=O)[O-])cc4OC)o3)c(=O)n2C1c1ccc(OC)c(OC)c1. The van der Waals surface area contributed by atoms with Crippen LogP contribution in [-0.4, -0.2) is 43.4 Å². The number of rotatable bonds is 9. The highest BCUT2D eigenvalue weighted by Gasteiger charge is 2.34. The molecule has 222 valence electrons. The standard InChI is InChI=1S/C30H27N3O9S/c1-6-41-29(35)26-16(2)31-30-32(27(26)17-7-11-22(38-3)24(13-17)40-5)28(34)25(43-30)15-19-9-12-21(42-19)20-10-8-18(33(36)37)14-23(20)39-4/h7-15,27H,6H2,1-5H3. The minimum atomic E-state index is -0.839. The van der Waals surface area contributed by atoms with Gasteiger partial charge in [-0.15, -0.1) is 0 Å². The summed E-state index contributed by atoms with van der Waals surface area (Å²) in [6.45, 7) is 3.56. The quantitative estimate of drug-likeness (QED) is 0.157. The summed E-state index contributed by atoms with van der Waals surface area (Å²) in [5.41, 5.74) is 1.28. The van der Waals surface area contributed by atoms with Gasteiger partial charge in [0.15, 0.2) is 16.3 Å². The number of ether oxygens (including phenoxy) is 4. The van der Waals surface area contributed by atoms with Crippen LogP contribution in [0.25, 0.3) is 17.4 Å². The van der Waals surface area contributed by atoms with Gasteiger partial charge in [-0.1, -0.05) is 17.4 Å². The van der Waals surface area contributed by atoms with Crippen molar-refractivity contribution in [2.75, 3.05) is 27.9 Å². The first-order valence-corrected chi connectivity index (χ1v) is 13.9. The summed E-state index contributed by atoms with van der Waals surface area (Å²) in [4.78, 5) is 42.7. The van der Waals surface area contributed by atoms with Crippen LogP contribution in [0.3, 0.4) is 0 Å². The van der Waals surface area contributed by atoms with Crippen LogP contribution >= 0.6 is 11.3 Å². The number of methoxy groups -OCH3 is 3. The largest absolute Gasteiger partial charge is 0.496 e. The molecule has 0 amide bonds. The topological polar surface area (TPSA) is 145 Å². The zero-order valence-electron chi connectivity index (χ0n) is 23.9. The molecule has 0 aliphatic carbocycles. The summed E-state index contributed by atoms with van der Waals surface area (Å²) in [7, 11) is 4.44. The fourth-order valence-electron chi connectivity index (χ4n) is 4.83. The maximum absolute atomic E-state index is 13.9. The van der Waals surface area contributed by atoms with Crippen LogP contribution in [-0.2, 0) is 9.53 Å². The first kappa shape index (κ1) is 29.3. The fraction of sp³-hybridized carbons (Fsp3) is 0.233. The molecule has 4 aromatic rings. The van der Waals surface area contributed by atoms with Gasteiger partial charge in [0.25, 0.3) is 11.2 Å². The molecule has 12 nitrogen and oxygen atoms in total. The van der Waals surface area contributed by atoms with Crippen molar-refractivity contribution in [1.29, 1.82) is 0 Å². The van der Waals surface area contributed by atoms with Crippen molar-refractivity contribution >= 4 is 29.1 Å². The number of hydrogen-bond acceptors (Lipinski definition) is 11. The molecule has 43 heavy (non-hydrogen) atoms. The van der Waals surface area contributed by atoms with E-state index in [0.717, 1.165) is 11.3 Å². The molecule has 0 saturated heterocycles. The zero-order valence-corrected chi connectivity index (χ0v) is 24.7. The molecule has 13 heteroatoms. The summed E-state index contributed by atoms with van der Waals surface area (Å²) >= 11 is 1.15. The van der Waals surface area contributed by atoms with E-state index in [0.29, 0.717) is 49.2 Å². The van der Waals surface area contributed by atoms with E-state index in [2.05, 4.69) is 4.99 Å². The van der Waals surface area contributed by atoms with E-state index < -0.39 is 16.9 Å². The number of fused-ring (bicyclic) bond motifs is 1. The van der Waals surface area contributed by atoms with E-state index >= 15 is 0 Å². The Labute approximate surface area is 248 Å². The van der Waals surface area contributed by atoms with Crippen molar-refractivity contribution < 1.29 is 33.1 Å². The third-order valence-corrected chi connectivity index (χ3v) is 7.78. The Bertz CT molecular complexity index is 1950. The van der Waals surface area contributed by atoms with Gasteiger partial charge in [0.1, 0.15) is 17.3 Å². The smallest absolute Gasteiger partial charge is 0.338 e. The Balaban J connectivity index is 1.63. The number of carbonyl (C=O) groups is 1. The summed E-state index contributed by atoms with van der Waals surface area (Å²) in [5.74, 6) is 1.39. The monoisotopic (exact) mass is 605 g/mol. The third kappa shape index (κ3) is 5.42. The van der Waals surface area contributed by atoms with Crippen LogP contribution in [0.5, 0.6) is 17.2 Å². The Kier molecular flexibility index (Phi) is 8.17. The van der Waals surface area contributed by atoms with E-state index in [-0.39, 0.29) is 29.2 Å². The number of allylic oxidation sites excluding steroid dienone is 1. The van der Waals surface area contributed by atoms with Crippen molar-refractivity contribution in [3.8, 4) is 28.6 Å². The molecule has 0 bridgehead atoms. The second-order valence-electron chi connectivity index (χ2n) is 9.26. The maximum atomic E-state index is 13.9. The van der Waals surface area contributed by atoms with E-state index in [1.54, 1.807) is 50.3 Å². The summed E-state index contributed by atoms with van der Waals surface area (Å²) < 4.78 is 29.3. The number of nitro groups is 1. The summed E-state index contributed by atoms with van der Waals surface area (Å²) in [5, 5.41) is 11.2. The molecule has 1 unspecified atom stereocenters. The van der Waals surface area contributed by atoms with Gasteiger partial charge in [-0.25, -0.2) is 9.79 Å². The second-order valence-corrected chi connectivity index (χ2v) is 10.3. The molecule has 2 aromatic carbocycles. The fourth-order valence-corrected chi connectivity index (χ4v) is 5.86. The summed E-state index contributed by atoms with van der Waals surface area (Å²) in [6.07, 6.45) is 1.58. The van der Waals surface area contributed by atoms with Crippen molar-refractivity contribution in [1.82, 2.24) is 4.57 Å². The highest BCUT2D eigenvalue weighted by Crippen LogP contribution is 2.37. The van der Waals surface area contributed by atoms with Crippen molar-refractivity contribution in [2.45, 2.75) is 19.9 Å². The number of thiazole rings is 1. The van der Waals surface area contributed by atoms with E-state index in [9.17, 15) is 19.7 Å². The van der Waals surface area contributed by atoms with Crippen molar-refractivity contribution in [3.05, 3.63) is 101 Å². The third-order valence-electron chi connectivity index (χ3n) is 6.80. The minimum Gasteiger partial charge on any atom is -0.496 e. The van der Waals surface area contributed by atoms with Gasteiger partial charge >= 0.3 is 5.97 Å². The lowest BCUT2D eigenvalue weighted by atomic mass is 9.95. The Morgan fingerprint density at radius 1 is 1.07 bits per heavy atom. The number of esters is 1. The Morgan fingerprint density at radius 2 is 1.81 bits per heavy atom. The van der Waals surface area contributed by atoms with Crippen LogP contribution < -0.4 is 29.1 Å². The van der Waals surface area contributed by atoms with Crippen molar-refractivity contribution in [2.24, 2.45) is 4.99 Å². The molecule has 0 fully saturated rings. The highest BCUT2D eigenvalue weighted by molar-refractivity contribution is 7.07. The van der Waals surface area contributed by atoms with Crippen LogP contribution in [0.4, 0.5) is 5.69 Å². The van der Waals surface area contributed by atoms with Gasteiger partial charge in [0.2, 0.25) is 0 Å². The number of benzene rings is 2. The molecular weight excluding hydrogens is 578 g/mol. The molecule has 0 saturated carbocycles. The van der Waals surface area contributed by atoms with Gasteiger partial charge in [-0.05, 0) is 49.7 Å². The maximum Gasteiger partial charge on any atom is 0.338 e. The van der Waals surface area contributed by atoms with Gasteiger partial charge in [0.05, 0.1) is 66.3 Å². The van der Waals surface area contributed by atoms with Gasteiger partial charge in [-0.3, -0.25) is 19.5 Å². The molecule has 1 aliphatic rings.